The summed E-state index contributed by atoms with van der Waals surface area (Å²) >= 11 is 0. The molecule has 2 saturated heterocycles. The summed E-state index contributed by atoms with van der Waals surface area (Å²) in [6.45, 7) is 10.9. The zero-order chi connectivity index (χ0) is 24.9. The van der Waals surface area contributed by atoms with Gasteiger partial charge in [0.25, 0.3) is 5.56 Å². The number of aryl methyl sites for hydroxylation is 1. The van der Waals surface area contributed by atoms with Crippen LogP contribution in [-0.2, 0) is 7.05 Å². The van der Waals surface area contributed by atoms with Crippen LogP contribution in [-0.4, -0.2) is 45.5 Å². The predicted octanol–water partition coefficient (Wildman–Crippen LogP) is 4.06. The predicted molar refractivity (Wildman–Crippen MR) is 137 cm³/mol. The number of aromatic nitrogens is 4. The Morgan fingerprint density at radius 1 is 1.11 bits per heavy atom. The van der Waals surface area contributed by atoms with Gasteiger partial charge in [0, 0.05) is 49.9 Å². The van der Waals surface area contributed by atoms with E-state index in [2.05, 4.69) is 20.2 Å². The van der Waals surface area contributed by atoms with E-state index in [1.165, 1.54) is 23.1 Å². The van der Waals surface area contributed by atoms with Gasteiger partial charge in [-0.1, -0.05) is 12.1 Å². The molecule has 9 heteroatoms. The molecule has 2 fully saturated rings. The minimum atomic E-state index is -0.634. The van der Waals surface area contributed by atoms with Gasteiger partial charge in [0.15, 0.2) is 0 Å². The minimum absolute atomic E-state index is 0.0629. The molecule has 6 rings (SSSR count). The third-order valence-electron chi connectivity index (χ3n) is 7.57. The molecule has 182 valence electrons. The molecule has 1 N–H and O–H groups in total. The monoisotopic (exact) mass is 483 g/mol. The van der Waals surface area contributed by atoms with Crippen LogP contribution in [0.3, 0.4) is 0 Å². The van der Waals surface area contributed by atoms with Gasteiger partial charge in [0.1, 0.15) is 17.5 Å². The van der Waals surface area contributed by atoms with E-state index in [1.54, 1.807) is 16.8 Å². The number of benzene rings is 2. The topological polar surface area (TPSA) is 72.3 Å². The number of nitrogens with zero attached hydrogens (tertiary/aromatic N) is 6. The van der Waals surface area contributed by atoms with Crippen LogP contribution in [0.4, 0.5) is 15.9 Å². The maximum atomic E-state index is 14.7. The number of nitrogens with one attached hydrogen (secondary N) is 1. The third-order valence-corrected chi connectivity index (χ3v) is 7.57. The maximum absolute atomic E-state index is 14.7. The van der Waals surface area contributed by atoms with Crippen molar-refractivity contribution in [3.8, 4) is 17.1 Å². The smallest absolute Gasteiger partial charge is 0.260 e. The average molecular weight is 484 g/mol. The first-order chi connectivity index (χ1) is 17.4. The van der Waals surface area contributed by atoms with Crippen molar-refractivity contribution in [1.29, 1.82) is 0 Å². The Hall–Kier alpha value is -4.03. The average Bonchev–Trinajstić information content (AvgIpc) is 3.49. The van der Waals surface area contributed by atoms with Crippen molar-refractivity contribution in [2.45, 2.75) is 19.3 Å². The maximum Gasteiger partial charge on any atom is 0.260 e. The van der Waals surface area contributed by atoms with Gasteiger partial charge in [-0.05, 0) is 55.5 Å². The molecular weight excluding hydrogens is 457 g/mol. The van der Waals surface area contributed by atoms with Crippen molar-refractivity contribution in [1.82, 2.24) is 24.6 Å². The van der Waals surface area contributed by atoms with Crippen molar-refractivity contribution >= 4 is 22.4 Å². The van der Waals surface area contributed by atoms with Crippen LogP contribution in [0.15, 0.2) is 53.5 Å². The van der Waals surface area contributed by atoms with Crippen molar-refractivity contribution < 1.29 is 4.39 Å². The van der Waals surface area contributed by atoms with Crippen molar-refractivity contribution in [2.24, 2.45) is 12.5 Å². The van der Waals surface area contributed by atoms with Crippen LogP contribution in [0, 0.1) is 17.8 Å². The summed E-state index contributed by atoms with van der Waals surface area (Å²) < 4.78 is 17.9. The van der Waals surface area contributed by atoms with E-state index in [4.69, 9.17) is 11.6 Å². The molecule has 2 aromatic carbocycles. The summed E-state index contributed by atoms with van der Waals surface area (Å²) in [6.07, 6.45) is 5.17. The van der Waals surface area contributed by atoms with Gasteiger partial charge in [-0.3, -0.25) is 14.0 Å². The second kappa shape index (κ2) is 8.57. The second-order valence-corrected chi connectivity index (χ2v) is 9.85. The van der Waals surface area contributed by atoms with Crippen LogP contribution in [0.2, 0.25) is 0 Å². The van der Waals surface area contributed by atoms with Crippen LogP contribution in [0.1, 0.15) is 19.3 Å². The number of hydrogen-bond acceptors (Lipinski definition) is 5. The highest BCUT2D eigenvalue weighted by molar-refractivity contribution is 5.81. The molecule has 0 amide bonds. The first-order valence-electron chi connectivity index (χ1n) is 12.2. The zero-order valence-corrected chi connectivity index (χ0v) is 20.0. The van der Waals surface area contributed by atoms with Gasteiger partial charge in [0.2, 0.25) is 5.69 Å². The van der Waals surface area contributed by atoms with Crippen molar-refractivity contribution in [3.05, 3.63) is 76.2 Å². The van der Waals surface area contributed by atoms with E-state index >= 15 is 0 Å². The fraction of sp³-hybridized carbons (Fsp3) is 0.333. The quantitative estimate of drug-likeness (QED) is 0.445. The molecule has 0 unspecified atom stereocenters. The summed E-state index contributed by atoms with van der Waals surface area (Å²) in [6, 6.07) is 11.5. The van der Waals surface area contributed by atoms with E-state index in [-0.39, 0.29) is 11.2 Å². The van der Waals surface area contributed by atoms with Gasteiger partial charge >= 0.3 is 0 Å². The molecule has 4 aromatic rings. The summed E-state index contributed by atoms with van der Waals surface area (Å²) in [5.74, 6) is 0.313. The largest absolute Gasteiger partial charge is 0.356 e. The third kappa shape index (κ3) is 3.84. The Labute approximate surface area is 207 Å². The fourth-order valence-electron chi connectivity index (χ4n) is 5.52. The van der Waals surface area contributed by atoms with Crippen LogP contribution >= 0.6 is 0 Å². The lowest BCUT2D eigenvalue weighted by Crippen LogP contribution is -2.42. The zero-order valence-electron chi connectivity index (χ0n) is 20.0. The first kappa shape index (κ1) is 22.4. The number of hydrogen-bond donors (Lipinski definition) is 1. The highest BCUT2D eigenvalue weighted by Gasteiger charge is 2.37. The van der Waals surface area contributed by atoms with Crippen LogP contribution in [0.25, 0.3) is 32.8 Å². The van der Waals surface area contributed by atoms with Gasteiger partial charge < -0.3 is 10.2 Å². The fourth-order valence-corrected chi connectivity index (χ4v) is 5.52. The Morgan fingerprint density at radius 2 is 1.94 bits per heavy atom. The molecule has 0 bridgehead atoms. The Morgan fingerprint density at radius 3 is 2.67 bits per heavy atom. The van der Waals surface area contributed by atoms with Gasteiger partial charge in [-0.2, -0.15) is 5.10 Å². The van der Waals surface area contributed by atoms with E-state index in [0.29, 0.717) is 28.3 Å². The molecule has 2 aromatic heterocycles. The molecule has 0 atom stereocenters. The molecular formula is C27H26FN7O. The number of halogens is 1. The highest BCUT2D eigenvalue weighted by Crippen LogP contribution is 2.38. The SMILES string of the molecule is [C-]#[N+]c1ccc(-c2nc(N3CCC4(CCNC4)CC3)cc(=O)n2-c2ccc3nn(C)cc3c2)cc1F. The Balaban J connectivity index is 1.47. The minimum Gasteiger partial charge on any atom is -0.356 e. The Kier molecular flexibility index (Phi) is 5.34. The Bertz CT molecular complexity index is 1570. The molecule has 2 aliphatic rings. The summed E-state index contributed by atoms with van der Waals surface area (Å²) in [4.78, 5) is 23.9. The van der Waals surface area contributed by atoms with Gasteiger partial charge in [-0.25, -0.2) is 14.2 Å². The normalized spacial score (nSPS) is 17.1. The summed E-state index contributed by atoms with van der Waals surface area (Å²) in [5.41, 5.74) is 1.92. The van der Waals surface area contributed by atoms with Gasteiger partial charge in [-0.15, -0.1) is 0 Å². The van der Waals surface area contributed by atoms with E-state index < -0.39 is 5.82 Å². The van der Waals surface area contributed by atoms with Crippen LogP contribution in [0.5, 0.6) is 0 Å². The molecule has 8 nitrogen and oxygen atoms in total. The lowest BCUT2D eigenvalue weighted by molar-refractivity contribution is 0.247. The van der Waals surface area contributed by atoms with Crippen LogP contribution < -0.4 is 15.8 Å². The summed E-state index contributed by atoms with van der Waals surface area (Å²) in [5, 5.41) is 8.78. The van der Waals surface area contributed by atoms with Crippen molar-refractivity contribution in [2.75, 3.05) is 31.1 Å². The lowest BCUT2D eigenvalue weighted by Gasteiger charge is -2.39. The highest BCUT2D eigenvalue weighted by atomic mass is 19.1. The number of rotatable bonds is 3. The second-order valence-electron chi connectivity index (χ2n) is 9.85. The number of piperidine rings is 1. The van der Waals surface area contributed by atoms with E-state index in [0.717, 1.165) is 49.9 Å². The number of anilines is 1. The molecule has 4 heterocycles. The molecule has 0 aliphatic carbocycles. The molecule has 0 saturated carbocycles. The molecule has 0 radical (unpaired) electrons. The summed E-state index contributed by atoms with van der Waals surface area (Å²) in [7, 11) is 1.85. The number of fused-ring (bicyclic) bond motifs is 1. The standard InChI is InChI=1S/C27H26FN7O/c1-29-23-5-3-18(14-21(23)28)26-31-24(34-11-8-27(9-12-34)7-10-30-17-27)15-25(36)35(26)20-4-6-22-19(13-20)16-33(2)32-22/h3-6,13-16,30H,7-12,17H2,2H3. The lowest BCUT2D eigenvalue weighted by atomic mass is 9.78. The van der Waals surface area contributed by atoms with E-state index in [9.17, 15) is 9.18 Å². The first-order valence-corrected chi connectivity index (χ1v) is 12.2. The molecule has 1 spiro atoms. The van der Waals surface area contributed by atoms with Crippen molar-refractivity contribution in [3.63, 3.8) is 0 Å². The molecule has 36 heavy (non-hydrogen) atoms. The molecule has 2 aliphatic heterocycles. The van der Waals surface area contributed by atoms with E-state index in [1.807, 2.05) is 31.4 Å². The van der Waals surface area contributed by atoms with Gasteiger partial charge in [0.05, 0.1) is 17.8 Å².